The SMILES string of the molecule is Cc1ccc(CC(=O)CC2OCCc3ccccc32)cc1. The molecule has 0 spiro atoms. The van der Waals surface area contributed by atoms with Gasteiger partial charge in [-0.3, -0.25) is 4.79 Å². The molecule has 0 saturated heterocycles. The molecule has 0 bridgehead atoms. The van der Waals surface area contributed by atoms with Gasteiger partial charge in [-0.15, -0.1) is 0 Å². The number of benzene rings is 2. The average molecular weight is 280 g/mol. The van der Waals surface area contributed by atoms with Crippen molar-refractivity contribution >= 4 is 5.78 Å². The number of carbonyl (C=O) groups is 1. The van der Waals surface area contributed by atoms with Crippen molar-refractivity contribution in [2.75, 3.05) is 6.61 Å². The zero-order valence-corrected chi connectivity index (χ0v) is 12.3. The summed E-state index contributed by atoms with van der Waals surface area (Å²) in [5, 5.41) is 0. The topological polar surface area (TPSA) is 26.3 Å². The summed E-state index contributed by atoms with van der Waals surface area (Å²) in [6.45, 7) is 2.76. The molecular weight excluding hydrogens is 260 g/mol. The number of aryl methyl sites for hydroxylation is 1. The van der Waals surface area contributed by atoms with E-state index in [9.17, 15) is 4.79 Å². The third-order valence-corrected chi connectivity index (χ3v) is 4.03. The van der Waals surface area contributed by atoms with Gasteiger partial charge in [-0.25, -0.2) is 0 Å². The molecule has 1 atom stereocenters. The molecule has 2 aromatic rings. The van der Waals surface area contributed by atoms with Crippen molar-refractivity contribution in [3.05, 3.63) is 70.8 Å². The van der Waals surface area contributed by atoms with Gasteiger partial charge < -0.3 is 4.74 Å². The Morgan fingerprint density at radius 2 is 1.90 bits per heavy atom. The first-order chi connectivity index (χ1) is 10.2. The van der Waals surface area contributed by atoms with Crippen molar-refractivity contribution in [1.82, 2.24) is 0 Å². The Morgan fingerprint density at radius 3 is 2.71 bits per heavy atom. The minimum Gasteiger partial charge on any atom is -0.373 e. The molecule has 2 nitrogen and oxygen atoms in total. The lowest BCUT2D eigenvalue weighted by Crippen LogP contribution is -2.19. The van der Waals surface area contributed by atoms with Crippen LogP contribution in [0.25, 0.3) is 0 Å². The Bertz CT molecular complexity index is 628. The highest BCUT2D eigenvalue weighted by atomic mass is 16.5. The molecule has 3 rings (SSSR count). The van der Waals surface area contributed by atoms with Crippen LogP contribution in [-0.2, 0) is 22.4 Å². The molecule has 1 aliphatic rings. The summed E-state index contributed by atoms with van der Waals surface area (Å²) in [5.74, 6) is 0.237. The van der Waals surface area contributed by atoms with Crippen LogP contribution in [0.15, 0.2) is 48.5 Å². The van der Waals surface area contributed by atoms with Gasteiger partial charge in [0.25, 0.3) is 0 Å². The van der Waals surface area contributed by atoms with Crippen LogP contribution in [0.1, 0.15) is 34.8 Å². The van der Waals surface area contributed by atoms with Crippen molar-refractivity contribution in [2.45, 2.75) is 32.3 Å². The lowest BCUT2D eigenvalue weighted by molar-refractivity contribution is -0.121. The van der Waals surface area contributed by atoms with Crippen molar-refractivity contribution < 1.29 is 9.53 Å². The molecular formula is C19H20O2. The Labute approximate surface area is 125 Å². The number of fused-ring (bicyclic) bond motifs is 1. The minimum atomic E-state index is -0.0760. The Morgan fingerprint density at radius 1 is 1.14 bits per heavy atom. The van der Waals surface area contributed by atoms with Crippen molar-refractivity contribution in [2.24, 2.45) is 0 Å². The Hall–Kier alpha value is -1.93. The second-order valence-corrected chi connectivity index (χ2v) is 5.71. The third-order valence-electron chi connectivity index (χ3n) is 4.03. The first-order valence-electron chi connectivity index (χ1n) is 7.49. The first kappa shape index (κ1) is 14.0. The summed E-state index contributed by atoms with van der Waals surface area (Å²) >= 11 is 0. The highest BCUT2D eigenvalue weighted by molar-refractivity contribution is 5.81. The molecule has 0 radical (unpaired) electrons. The minimum absolute atomic E-state index is 0.0760. The molecule has 0 amide bonds. The van der Waals surface area contributed by atoms with Gasteiger partial charge in [0.05, 0.1) is 12.7 Å². The fourth-order valence-corrected chi connectivity index (χ4v) is 2.86. The van der Waals surface area contributed by atoms with Gasteiger partial charge in [0, 0.05) is 12.8 Å². The molecule has 0 aliphatic carbocycles. The molecule has 0 saturated carbocycles. The Balaban J connectivity index is 1.67. The van der Waals surface area contributed by atoms with Gasteiger partial charge >= 0.3 is 0 Å². The van der Waals surface area contributed by atoms with E-state index in [4.69, 9.17) is 4.74 Å². The van der Waals surface area contributed by atoms with Gasteiger partial charge in [-0.1, -0.05) is 54.1 Å². The number of hydrogen-bond acceptors (Lipinski definition) is 2. The quantitative estimate of drug-likeness (QED) is 0.851. The van der Waals surface area contributed by atoms with E-state index in [0.717, 1.165) is 12.0 Å². The number of carbonyl (C=O) groups excluding carboxylic acids is 1. The van der Waals surface area contributed by atoms with E-state index >= 15 is 0 Å². The third kappa shape index (κ3) is 3.40. The average Bonchev–Trinajstić information content (AvgIpc) is 2.50. The molecule has 1 heterocycles. The fourth-order valence-electron chi connectivity index (χ4n) is 2.86. The van der Waals surface area contributed by atoms with Gasteiger partial charge in [-0.05, 0) is 30.0 Å². The van der Waals surface area contributed by atoms with Crippen LogP contribution in [0.4, 0.5) is 0 Å². The normalized spacial score (nSPS) is 17.3. The maximum Gasteiger partial charge on any atom is 0.140 e. The van der Waals surface area contributed by atoms with Crippen LogP contribution in [0, 0.1) is 6.92 Å². The van der Waals surface area contributed by atoms with Crippen LogP contribution in [0.5, 0.6) is 0 Å². The first-order valence-corrected chi connectivity index (χ1v) is 7.49. The molecule has 1 aliphatic heterocycles. The molecule has 0 aromatic heterocycles. The van der Waals surface area contributed by atoms with E-state index in [0.29, 0.717) is 19.4 Å². The maximum atomic E-state index is 12.3. The summed E-state index contributed by atoms with van der Waals surface area (Å²) in [6, 6.07) is 16.4. The number of Topliss-reactive ketones (excluding diaryl/α,β-unsaturated/α-hetero) is 1. The zero-order chi connectivity index (χ0) is 14.7. The second-order valence-electron chi connectivity index (χ2n) is 5.71. The molecule has 1 unspecified atom stereocenters. The highest BCUT2D eigenvalue weighted by Gasteiger charge is 2.22. The summed E-state index contributed by atoms with van der Waals surface area (Å²) in [4.78, 5) is 12.3. The van der Waals surface area contributed by atoms with Crippen LogP contribution in [-0.4, -0.2) is 12.4 Å². The Kier molecular flexibility index (Phi) is 4.16. The molecule has 2 aromatic carbocycles. The second kappa shape index (κ2) is 6.23. The molecule has 0 fully saturated rings. The van der Waals surface area contributed by atoms with Crippen LogP contribution >= 0.6 is 0 Å². The lowest BCUT2D eigenvalue weighted by atomic mass is 9.93. The molecule has 2 heteroatoms. The van der Waals surface area contributed by atoms with Crippen molar-refractivity contribution in [1.29, 1.82) is 0 Å². The van der Waals surface area contributed by atoms with E-state index < -0.39 is 0 Å². The van der Waals surface area contributed by atoms with Crippen LogP contribution in [0.2, 0.25) is 0 Å². The van der Waals surface area contributed by atoms with Gasteiger partial charge in [0.2, 0.25) is 0 Å². The smallest absolute Gasteiger partial charge is 0.140 e. The summed E-state index contributed by atoms with van der Waals surface area (Å²) < 4.78 is 5.81. The zero-order valence-electron chi connectivity index (χ0n) is 12.3. The summed E-state index contributed by atoms with van der Waals surface area (Å²) in [6.07, 6.45) is 1.82. The molecule has 0 N–H and O–H groups in total. The van der Waals surface area contributed by atoms with E-state index in [-0.39, 0.29) is 11.9 Å². The number of ketones is 1. The fraction of sp³-hybridized carbons (Fsp3) is 0.316. The largest absolute Gasteiger partial charge is 0.373 e. The number of hydrogen-bond donors (Lipinski definition) is 0. The van der Waals surface area contributed by atoms with Gasteiger partial charge in [0.15, 0.2) is 0 Å². The molecule has 21 heavy (non-hydrogen) atoms. The summed E-state index contributed by atoms with van der Waals surface area (Å²) in [5.41, 5.74) is 4.79. The van der Waals surface area contributed by atoms with E-state index in [2.05, 4.69) is 37.3 Å². The van der Waals surface area contributed by atoms with Crippen molar-refractivity contribution in [3.8, 4) is 0 Å². The standard InChI is InChI=1S/C19H20O2/c1-14-6-8-15(9-7-14)12-17(20)13-19-18-5-3-2-4-16(18)10-11-21-19/h2-9,19H,10-13H2,1H3. The predicted molar refractivity (Wildman–Crippen MR) is 83.3 cm³/mol. The monoisotopic (exact) mass is 280 g/mol. The van der Waals surface area contributed by atoms with Crippen LogP contribution in [0.3, 0.4) is 0 Å². The van der Waals surface area contributed by atoms with Crippen LogP contribution < -0.4 is 0 Å². The maximum absolute atomic E-state index is 12.3. The number of ether oxygens (including phenoxy) is 1. The number of rotatable bonds is 4. The van der Waals surface area contributed by atoms with E-state index in [1.165, 1.54) is 16.7 Å². The predicted octanol–water partition coefficient (Wildman–Crippen LogP) is 3.81. The van der Waals surface area contributed by atoms with Gasteiger partial charge in [-0.2, -0.15) is 0 Å². The van der Waals surface area contributed by atoms with E-state index in [1.54, 1.807) is 0 Å². The summed E-state index contributed by atoms with van der Waals surface area (Å²) in [7, 11) is 0. The van der Waals surface area contributed by atoms with Gasteiger partial charge in [0.1, 0.15) is 5.78 Å². The highest BCUT2D eigenvalue weighted by Crippen LogP contribution is 2.29. The van der Waals surface area contributed by atoms with Crippen molar-refractivity contribution in [3.63, 3.8) is 0 Å². The van der Waals surface area contributed by atoms with E-state index in [1.807, 2.05) is 18.2 Å². The lowest BCUT2D eigenvalue weighted by Gasteiger charge is -2.25. The molecule has 108 valence electrons.